The van der Waals surface area contributed by atoms with Crippen LogP contribution in [0.5, 0.6) is 0 Å². The van der Waals surface area contributed by atoms with Crippen LogP contribution in [-0.4, -0.2) is 6.54 Å². The Morgan fingerprint density at radius 2 is 1.81 bits per heavy atom. The Labute approximate surface area is 98.1 Å². The molecule has 0 amide bonds. The molecular weight excluding hydrogens is 201 g/mol. The van der Waals surface area contributed by atoms with Crippen molar-refractivity contribution in [3.8, 4) is 0 Å². The van der Waals surface area contributed by atoms with E-state index in [9.17, 15) is 4.39 Å². The fraction of sp³-hybridized carbons (Fsp3) is 0.571. The standard InChI is InChI=1S/C14H22FN/c1-4-5-11(2)10-16-12(3)13-6-8-14(15)9-7-13/h6-9,11-12,16H,4-5,10H2,1-3H3/t11?,12-/m1/s1. The summed E-state index contributed by atoms with van der Waals surface area (Å²) in [5, 5.41) is 3.48. The Morgan fingerprint density at radius 3 is 2.38 bits per heavy atom. The molecule has 1 rings (SSSR count). The Hall–Kier alpha value is -0.890. The molecule has 0 radical (unpaired) electrons. The van der Waals surface area contributed by atoms with E-state index in [0.29, 0.717) is 12.0 Å². The third kappa shape index (κ3) is 4.31. The average Bonchev–Trinajstić information content (AvgIpc) is 2.27. The molecule has 16 heavy (non-hydrogen) atoms. The molecule has 1 aromatic rings. The summed E-state index contributed by atoms with van der Waals surface area (Å²) in [6.45, 7) is 7.60. The fourth-order valence-electron chi connectivity index (χ4n) is 1.84. The van der Waals surface area contributed by atoms with Gasteiger partial charge < -0.3 is 5.32 Å². The number of hydrogen-bond acceptors (Lipinski definition) is 1. The minimum absolute atomic E-state index is 0.171. The largest absolute Gasteiger partial charge is 0.310 e. The van der Waals surface area contributed by atoms with E-state index >= 15 is 0 Å². The Balaban J connectivity index is 2.40. The summed E-state index contributed by atoms with van der Waals surface area (Å²) in [6, 6.07) is 7.01. The van der Waals surface area contributed by atoms with E-state index in [4.69, 9.17) is 0 Å². The molecule has 2 heteroatoms. The van der Waals surface area contributed by atoms with Crippen LogP contribution in [-0.2, 0) is 0 Å². The highest BCUT2D eigenvalue weighted by Crippen LogP contribution is 2.13. The van der Waals surface area contributed by atoms with Gasteiger partial charge in [-0.25, -0.2) is 4.39 Å². The number of benzene rings is 1. The van der Waals surface area contributed by atoms with Gasteiger partial charge >= 0.3 is 0 Å². The second-order valence-corrected chi connectivity index (χ2v) is 4.58. The van der Waals surface area contributed by atoms with Gasteiger partial charge in [0.1, 0.15) is 5.82 Å². The molecule has 0 aromatic heterocycles. The minimum Gasteiger partial charge on any atom is -0.310 e. The lowest BCUT2D eigenvalue weighted by Gasteiger charge is -2.17. The van der Waals surface area contributed by atoms with Crippen LogP contribution >= 0.6 is 0 Å². The number of hydrogen-bond donors (Lipinski definition) is 1. The first-order valence-corrected chi connectivity index (χ1v) is 6.12. The van der Waals surface area contributed by atoms with Crippen LogP contribution in [0.25, 0.3) is 0 Å². The zero-order chi connectivity index (χ0) is 12.0. The Kier molecular flexibility index (Phi) is 5.47. The second kappa shape index (κ2) is 6.64. The monoisotopic (exact) mass is 223 g/mol. The molecule has 1 unspecified atom stereocenters. The van der Waals surface area contributed by atoms with Gasteiger partial charge in [-0.15, -0.1) is 0 Å². The number of nitrogens with one attached hydrogen (secondary N) is 1. The summed E-state index contributed by atoms with van der Waals surface area (Å²) in [7, 11) is 0. The molecule has 1 N–H and O–H groups in total. The molecule has 0 aliphatic heterocycles. The van der Waals surface area contributed by atoms with Gasteiger partial charge in [0.15, 0.2) is 0 Å². The molecule has 1 nitrogen and oxygen atoms in total. The van der Waals surface area contributed by atoms with Crippen LogP contribution in [0, 0.1) is 11.7 Å². The van der Waals surface area contributed by atoms with Gasteiger partial charge in [0.05, 0.1) is 0 Å². The van der Waals surface area contributed by atoms with Gasteiger partial charge in [0.2, 0.25) is 0 Å². The van der Waals surface area contributed by atoms with E-state index in [0.717, 1.165) is 12.1 Å². The number of halogens is 1. The maximum Gasteiger partial charge on any atom is 0.123 e. The molecule has 0 aliphatic rings. The Morgan fingerprint density at radius 1 is 1.19 bits per heavy atom. The molecular formula is C14H22FN. The molecule has 2 atom stereocenters. The zero-order valence-corrected chi connectivity index (χ0v) is 10.5. The second-order valence-electron chi connectivity index (χ2n) is 4.58. The van der Waals surface area contributed by atoms with Crippen LogP contribution in [0.2, 0.25) is 0 Å². The number of rotatable bonds is 6. The topological polar surface area (TPSA) is 12.0 Å². The lowest BCUT2D eigenvalue weighted by atomic mass is 10.0. The van der Waals surface area contributed by atoms with Crippen molar-refractivity contribution in [2.45, 2.75) is 39.7 Å². The highest BCUT2D eigenvalue weighted by Gasteiger charge is 2.06. The molecule has 90 valence electrons. The lowest BCUT2D eigenvalue weighted by Crippen LogP contribution is -2.24. The zero-order valence-electron chi connectivity index (χ0n) is 10.5. The van der Waals surface area contributed by atoms with Gasteiger partial charge in [-0.2, -0.15) is 0 Å². The Bertz CT molecular complexity index is 294. The summed E-state index contributed by atoms with van der Waals surface area (Å²) in [5.74, 6) is 0.531. The SMILES string of the molecule is CCCC(C)CN[C@H](C)c1ccc(F)cc1. The van der Waals surface area contributed by atoms with Crippen molar-refractivity contribution in [2.24, 2.45) is 5.92 Å². The normalized spacial score (nSPS) is 14.8. The van der Waals surface area contributed by atoms with Gasteiger partial charge in [0.25, 0.3) is 0 Å². The predicted octanol–water partition coefficient (Wildman–Crippen LogP) is 3.91. The highest BCUT2D eigenvalue weighted by atomic mass is 19.1. The quantitative estimate of drug-likeness (QED) is 0.771. The van der Waals surface area contributed by atoms with Crippen LogP contribution in [0.3, 0.4) is 0 Å². The average molecular weight is 223 g/mol. The molecule has 0 heterocycles. The minimum atomic E-state index is -0.171. The van der Waals surface area contributed by atoms with Gasteiger partial charge in [0, 0.05) is 6.04 Å². The van der Waals surface area contributed by atoms with Crippen LogP contribution < -0.4 is 5.32 Å². The fourth-order valence-corrected chi connectivity index (χ4v) is 1.84. The van der Waals surface area contributed by atoms with Crippen molar-refractivity contribution in [1.29, 1.82) is 0 Å². The smallest absolute Gasteiger partial charge is 0.123 e. The summed E-state index contributed by atoms with van der Waals surface area (Å²) < 4.78 is 12.7. The van der Waals surface area contributed by atoms with E-state index in [1.807, 2.05) is 12.1 Å². The summed E-state index contributed by atoms with van der Waals surface area (Å²) in [4.78, 5) is 0. The maximum absolute atomic E-state index is 12.7. The summed E-state index contributed by atoms with van der Waals surface area (Å²) >= 11 is 0. The first-order chi connectivity index (χ1) is 7.63. The van der Waals surface area contributed by atoms with E-state index in [1.165, 1.54) is 25.0 Å². The molecule has 0 saturated heterocycles. The van der Waals surface area contributed by atoms with Crippen molar-refractivity contribution in [3.63, 3.8) is 0 Å². The summed E-state index contributed by atoms with van der Waals surface area (Å²) in [5.41, 5.74) is 1.14. The molecule has 0 fully saturated rings. The van der Waals surface area contributed by atoms with Crippen molar-refractivity contribution in [2.75, 3.05) is 6.54 Å². The van der Waals surface area contributed by atoms with Crippen molar-refractivity contribution in [1.82, 2.24) is 5.32 Å². The molecule has 0 saturated carbocycles. The summed E-state index contributed by atoms with van der Waals surface area (Å²) in [6.07, 6.45) is 2.48. The van der Waals surface area contributed by atoms with Gasteiger partial charge in [-0.3, -0.25) is 0 Å². The molecule has 1 aromatic carbocycles. The van der Waals surface area contributed by atoms with E-state index in [-0.39, 0.29) is 5.82 Å². The molecule has 0 spiro atoms. The van der Waals surface area contributed by atoms with E-state index in [1.54, 1.807) is 0 Å². The van der Waals surface area contributed by atoms with E-state index < -0.39 is 0 Å². The first-order valence-electron chi connectivity index (χ1n) is 6.12. The highest BCUT2D eigenvalue weighted by molar-refractivity contribution is 5.19. The van der Waals surface area contributed by atoms with E-state index in [2.05, 4.69) is 26.1 Å². The lowest BCUT2D eigenvalue weighted by molar-refractivity contribution is 0.444. The van der Waals surface area contributed by atoms with Crippen molar-refractivity contribution in [3.05, 3.63) is 35.6 Å². The first kappa shape index (κ1) is 13.2. The van der Waals surface area contributed by atoms with Crippen LogP contribution in [0.4, 0.5) is 4.39 Å². The van der Waals surface area contributed by atoms with Crippen LogP contribution in [0.1, 0.15) is 45.2 Å². The predicted molar refractivity (Wildman–Crippen MR) is 66.9 cm³/mol. The van der Waals surface area contributed by atoms with Crippen molar-refractivity contribution < 1.29 is 4.39 Å². The molecule has 0 aliphatic carbocycles. The van der Waals surface area contributed by atoms with Gasteiger partial charge in [-0.1, -0.05) is 32.4 Å². The van der Waals surface area contributed by atoms with Crippen LogP contribution in [0.15, 0.2) is 24.3 Å². The molecule has 0 bridgehead atoms. The third-order valence-corrected chi connectivity index (χ3v) is 2.92. The van der Waals surface area contributed by atoms with Crippen molar-refractivity contribution >= 4 is 0 Å². The van der Waals surface area contributed by atoms with Gasteiger partial charge in [-0.05, 0) is 43.5 Å². The third-order valence-electron chi connectivity index (χ3n) is 2.92. The maximum atomic E-state index is 12.7.